The van der Waals surface area contributed by atoms with Crippen LogP contribution in [0.25, 0.3) is 0 Å². The predicted molar refractivity (Wildman–Crippen MR) is 135 cm³/mol. The highest BCUT2D eigenvalue weighted by Gasteiger charge is 2.86. The van der Waals surface area contributed by atoms with E-state index in [2.05, 4.69) is 13.8 Å². The van der Waals surface area contributed by atoms with Gasteiger partial charge in [0.2, 0.25) is 0 Å². The maximum absolute atomic E-state index is 13.4. The highest BCUT2D eigenvalue weighted by molar-refractivity contribution is 5.82. The largest absolute Gasteiger partial charge is 0.463 e. The Balaban J connectivity index is 1.25. The van der Waals surface area contributed by atoms with Crippen molar-refractivity contribution < 1.29 is 53.0 Å². The SMILES string of the molecule is C[C@@H](O)[C@H]1C=CC=CC(=O)O[C@@H]2C[C@H]3O[C@@H]4[C@@H]5OC5(C)CCC4(COC(=O)[C@H]4O[C@]4(C)[C@@H](O)CO1)[C@]2(C)[C@]31CO1. The Morgan fingerprint density at radius 2 is 1.80 bits per heavy atom. The number of hydrogen-bond acceptors (Lipinski definition) is 11. The number of allylic oxidation sites excluding steroid dienone is 2. The Morgan fingerprint density at radius 1 is 1.02 bits per heavy atom. The third-order valence-corrected chi connectivity index (χ3v) is 11.1. The molecule has 11 heteroatoms. The summed E-state index contributed by atoms with van der Waals surface area (Å²) in [5.74, 6) is -1.10. The molecule has 0 aromatic rings. The van der Waals surface area contributed by atoms with E-state index >= 15 is 0 Å². The second-order valence-corrected chi connectivity index (χ2v) is 13.2. The van der Waals surface area contributed by atoms with Crippen LogP contribution in [0.2, 0.25) is 0 Å². The van der Waals surface area contributed by atoms with Gasteiger partial charge in [0.25, 0.3) is 0 Å². The molecule has 2 saturated carbocycles. The fourth-order valence-electron chi connectivity index (χ4n) is 8.09. The van der Waals surface area contributed by atoms with Gasteiger partial charge in [-0.1, -0.05) is 25.2 Å². The molecule has 11 nitrogen and oxygen atoms in total. The van der Waals surface area contributed by atoms with Gasteiger partial charge in [0, 0.05) is 17.9 Å². The molecule has 5 aliphatic heterocycles. The Morgan fingerprint density at radius 3 is 2.52 bits per heavy atom. The summed E-state index contributed by atoms with van der Waals surface area (Å²) in [7, 11) is 0. The van der Waals surface area contributed by atoms with Crippen LogP contribution in [0.4, 0.5) is 0 Å². The summed E-state index contributed by atoms with van der Waals surface area (Å²) in [6.07, 6.45) is 2.83. The number of hydrogen-bond donors (Lipinski definition) is 2. The monoisotopic (exact) mass is 562 g/mol. The van der Waals surface area contributed by atoms with Crippen LogP contribution in [-0.2, 0) is 42.7 Å². The molecule has 40 heavy (non-hydrogen) atoms. The number of rotatable bonds is 1. The first kappa shape index (κ1) is 27.0. The van der Waals surface area contributed by atoms with Crippen LogP contribution in [0.1, 0.15) is 47.0 Å². The molecule has 7 rings (SSSR count). The van der Waals surface area contributed by atoms with E-state index in [1.807, 2.05) is 0 Å². The van der Waals surface area contributed by atoms with E-state index in [-0.39, 0.29) is 37.1 Å². The summed E-state index contributed by atoms with van der Waals surface area (Å²) in [5, 5.41) is 20.9. The average molecular weight is 563 g/mol. The highest BCUT2D eigenvalue weighted by Crippen LogP contribution is 2.75. The molecule has 2 aliphatic carbocycles. The maximum atomic E-state index is 13.4. The highest BCUT2D eigenvalue weighted by atomic mass is 16.7. The van der Waals surface area contributed by atoms with Gasteiger partial charge in [-0.3, -0.25) is 0 Å². The molecule has 2 N–H and O–H groups in total. The summed E-state index contributed by atoms with van der Waals surface area (Å²) in [4.78, 5) is 26.4. The van der Waals surface area contributed by atoms with Gasteiger partial charge in [0.1, 0.15) is 42.2 Å². The average Bonchev–Trinajstić information content (AvgIpc) is 3.81. The first-order valence-electron chi connectivity index (χ1n) is 14.3. The number of aliphatic hydroxyl groups is 2. The van der Waals surface area contributed by atoms with Crippen molar-refractivity contribution in [3.8, 4) is 0 Å². The molecule has 0 aromatic heterocycles. The molecular weight excluding hydrogens is 524 g/mol. The van der Waals surface area contributed by atoms with Crippen molar-refractivity contribution in [2.75, 3.05) is 19.8 Å². The van der Waals surface area contributed by atoms with E-state index in [4.69, 9.17) is 33.2 Å². The molecule has 13 atom stereocenters. The Labute approximate surface area is 232 Å². The first-order chi connectivity index (χ1) is 18.9. The number of aliphatic hydroxyl groups excluding tert-OH is 2. The van der Waals surface area contributed by atoms with Crippen LogP contribution >= 0.6 is 0 Å². The van der Waals surface area contributed by atoms with E-state index in [0.717, 1.165) is 6.42 Å². The molecule has 4 saturated heterocycles. The van der Waals surface area contributed by atoms with Gasteiger partial charge in [-0.05, 0) is 33.6 Å². The fourth-order valence-corrected chi connectivity index (χ4v) is 8.09. The molecule has 2 bridgehead atoms. The third kappa shape index (κ3) is 3.55. The number of ether oxygens (including phenoxy) is 7. The number of epoxide rings is 3. The van der Waals surface area contributed by atoms with Crippen molar-refractivity contribution in [3.05, 3.63) is 24.3 Å². The summed E-state index contributed by atoms with van der Waals surface area (Å²) in [6, 6.07) is 0. The van der Waals surface area contributed by atoms with Gasteiger partial charge in [-0.2, -0.15) is 0 Å². The lowest BCUT2D eigenvalue weighted by molar-refractivity contribution is -0.251. The Bertz CT molecular complexity index is 1160. The zero-order chi connectivity index (χ0) is 28.3. The minimum Gasteiger partial charge on any atom is -0.463 e. The van der Waals surface area contributed by atoms with Gasteiger partial charge < -0.3 is 43.4 Å². The predicted octanol–water partition coefficient (Wildman–Crippen LogP) is 0.736. The number of esters is 2. The van der Waals surface area contributed by atoms with Crippen molar-refractivity contribution in [1.29, 1.82) is 0 Å². The van der Waals surface area contributed by atoms with Crippen molar-refractivity contribution in [2.24, 2.45) is 10.8 Å². The second kappa shape index (κ2) is 8.59. The first-order valence-corrected chi connectivity index (χ1v) is 14.3. The van der Waals surface area contributed by atoms with Crippen LogP contribution in [0.15, 0.2) is 24.3 Å². The number of carbonyl (C=O) groups excluding carboxylic acids is 2. The zero-order valence-electron chi connectivity index (χ0n) is 23.2. The van der Waals surface area contributed by atoms with Gasteiger partial charge in [0.05, 0.1) is 42.5 Å². The number of carbonyl (C=O) groups is 2. The number of fused-ring (bicyclic) bond motifs is 3. The van der Waals surface area contributed by atoms with Crippen molar-refractivity contribution >= 4 is 11.9 Å². The van der Waals surface area contributed by atoms with Crippen LogP contribution in [0, 0.1) is 10.8 Å². The lowest BCUT2D eigenvalue weighted by atomic mass is 9.50. The molecular formula is C29H38O11. The van der Waals surface area contributed by atoms with Gasteiger partial charge >= 0.3 is 11.9 Å². The van der Waals surface area contributed by atoms with E-state index < -0.39 is 64.5 Å². The molecule has 2 unspecified atom stereocenters. The third-order valence-electron chi connectivity index (χ3n) is 11.1. The van der Waals surface area contributed by atoms with Crippen molar-refractivity contribution in [3.63, 3.8) is 0 Å². The van der Waals surface area contributed by atoms with E-state index in [1.54, 1.807) is 26.0 Å². The molecule has 6 fully saturated rings. The Hall–Kier alpha value is -1.86. The van der Waals surface area contributed by atoms with E-state index in [9.17, 15) is 19.8 Å². The maximum Gasteiger partial charge on any atom is 0.338 e. The minimum atomic E-state index is -1.18. The molecule has 0 aromatic carbocycles. The molecule has 220 valence electrons. The lowest BCUT2D eigenvalue weighted by Gasteiger charge is -2.58. The van der Waals surface area contributed by atoms with Crippen LogP contribution < -0.4 is 0 Å². The zero-order valence-corrected chi connectivity index (χ0v) is 23.2. The van der Waals surface area contributed by atoms with E-state index in [1.165, 1.54) is 12.2 Å². The van der Waals surface area contributed by atoms with Gasteiger partial charge in [-0.15, -0.1) is 0 Å². The van der Waals surface area contributed by atoms with Gasteiger partial charge in [0.15, 0.2) is 6.10 Å². The van der Waals surface area contributed by atoms with Crippen LogP contribution in [0.3, 0.4) is 0 Å². The van der Waals surface area contributed by atoms with Crippen molar-refractivity contribution in [2.45, 2.75) is 113 Å². The summed E-state index contributed by atoms with van der Waals surface area (Å²) < 4.78 is 42.6. The fraction of sp³-hybridized carbons (Fsp3) is 0.793. The standard InChI is InChI=1S/C29H38O11/c1-15(30)16-7-5-6-8-20(32)37-18-11-19-29(14-36-29)27(18,4)28(10-9-25(2)21(39-25)22(28)38-19)13-35-24(33)23-26(3,40-23)17(31)12-34-16/h5-8,15-19,21-23,30-31H,9-14H2,1-4H3/t15-,16-,17+,18-,19-,21+,22-,23-,25?,26-,27-,28?,29+/m1/s1. The summed E-state index contributed by atoms with van der Waals surface area (Å²) >= 11 is 0. The Kier molecular flexibility index (Phi) is 5.80. The minimum absolute atomic E-state index is 0.0139. The smallest absolute Gasteiger partial charge is 0.338 e. The second-order valence-electron chi connectivity index (χ2n) is 13.2. The quantitative estimate of drug-likeness (QED) is 0.344. The van der Waals surface area contributed by atoms with Gasteiger partial charge in [-0.25, -0.2) is 9.59 Å². The molecule has 2 spiro atoms. The van der Waals surface area contributed by atoms with E-state index in [0.29, 0.717) is 19.4 Å². The molecule has 0 amide bonds. The molecule has 7 aliphatic rings. The normalized spacial score (nSPS) is 55.6. The summed E-state index contributed by atoms with van der Waals surface area (Å²) in [6.45, 7) is 7.67. The lowest BCUT2D eigenvalue weighted by Crippen LogP contribution is -2.69. The topological polar surface area (TPSA) is 149 Å². The van der Waals surface area contributed by atoms with Crippen LogP contribution in [0.5, 0.6) is 0 Å². The molecule has 5 heterocycles. The van der Waals surface area contributed by atoms with Crippen LogP contribution in [-0.4, -0.2) is 108 Å². The number of cyclic esters (lactones) is 1. The molecule has 0 radical (unpaired) electrons. The van der Waals surface area contributed by atoms with Crippen molar-refractivity contribution in [1.82, 2.24) is 0 Å². The summed E-state index contributed by atoms with van der Waals surface area (Å²) in [5.41, 5.74) is -3.54.